The van der Waals surface area contributed by atoms with Crippen molar-refractivity contribution in [1.29, 1.82) is 10.5 Å². The van der Waals surface area contributed by atoms with Crippen molar-refractivity contribution in [2.45, 2.75) is 0 Å². The lowest BCUT2D eigenvalue weighted by molar-refractivity contribution is 0.771. The van der Waals surface area contributed by atoms with Crippen molar-refractivity contribution in [3.63, 3.8) is 0 Å². The predicted octanol–water partition coefficient (Wildman–Crippen LogP) is 1.83. The Morgan fingerprint density at radius 2 is 1.75 bits per heavy atom. The monoisotopic (exact) mass is 208 g/mol. The summed E-state index contributed by atoms with van der Waals surface area (Å²) >= 11 is 0. The zero-order valence-electron chi connectivity index (χ0n) is 8.68. The van der Waals surface area contributed by atoms with Gasteiger partial charge in [-0.2, -0.15) is 15.6 Å². The molecule has 0 amide bonds. The summed E-state index contributed by atoms with van der Waals surface area (Å²) in [7, 11) is 1.82. The van der Waals surface area contributed by atoms with Gasteiger partial charge in [0.1, 0.15) is 0 Å². The first-order valence-corrected chi connectivity index (χ1v) is 4.68. The highest BCUT2D eigenvalue weighted by Crippen LogP contribution is 2.20. The number of rotatable bonds is 1. The molecule has 0 saturated carbocycles. The molecule has 1 aromatic carbocycles. The molecule has 2 aromatic rings. The first kappa shape index (κ1) is 9.95. The van der Waals surface area contributed by atoms with E-state index in [0.29, 0.717) is 11.1 Å². The molecule has 2 rings (SSSR count). The summed E-state index contributed by atoms with van der Waals surface area (Å²) in [5.74, 6) is 0. The zero-order valence-corrected chi connectivity index (χ0v) is 8.68. The van der Waals surface area contributed by atoms with Crippen LogP contribution in [0.2, 0.25) is 0 Å². The quantitative estimate of drug-likeness (QED) is 0.718. The summed E-state index contributed by atoms with van der Waals surface area (Å²) in [6.07, 6.45) is 1.82. The predicted molar refractivity (Wildman–Crippen MR) is 58.1 cm³/mol. The van der Waals surface area contributed by atoms with Crippen LogP contribution in [0.15, 0.2) is 30.5 Å². The Kier molecular flexibility index (Phi) is 2.41. The summed E-state index contributed by atoms with van der Waals surface area (Å²) in [6, 6.07) is 10.9. The maximum atomic E-state index is 8.85. The molecular formula is C12H8N4. The summed E-state index contributed by atoms with van der Waals surface area (Å²) in [6.45, 7) is 0. The van der Waals surface area contributed by atoms with Gasteiger partial charge in [-0.15, -0.1) is 0 Å². The van der Waals surface area contributed by atoms with E-state index >= 15 is 0 Å². The lowest BCUT2D eigenvalue weighted by atomic mass is 10.0. The summed E-state index contributed by atoms with van der Waals surface area (Å²) in [5, 5.41) is 21.9. The molecule has 1 aromatic heterocycles. The molecule has 0 aliphatic carbocycles. The highest BCUT2D eigenvalue weighted by molar-refractivity contribution is 5.63. The molecule has 0 saturated heterocycles. The Hall–Kier alpha value is -2.59. The van der Waals surface area contributed by atoms with Crippen LogP contribution in [0.5, 0.6) is 0 Å². The molecule has 4 heteroatoms. The Labute approximate surface area is 93.0 Å². The van der Waals surface area contributed by atoms with Gasteiger partial charge in [-0.1, -0.05) is 0 Å². The third kappa shape index (κ3) is 1.77. The lowest BCUT2D eigenvalue weighted by Crippen LogP contribution is -1.89. The maximum Gasteiger partial charge on any atom is 0.0992 e. The van der Waals surface area contributed by atoms with E-state index in [9.17, 15) is 0 Å². The van der Waals surface area contributed by atoms with Gasteiger partial charge in [-0.05, 0) is 24.3 Å². The highest BCUT2D eigenvalue weighted by Gasteiger charge is 2.05. The second-order valence-corrected chi connectivity index (χ2v) is 3.40. The second kappa shape index (κ2) is 3.88. The van der Waals surface area contributed by atoms with E-state index in [4.69, 9.17) is 10.5 Å². The van der Waals surface area contributed by atoms with Gasteiger partial charge in [-0.25, -0.2) is 0 Å². The molecule has 1 heterocycles. The van der Waals surface area contributed by atoms with Gasteiger partial charge in [0.05, 0.1) is 29.0 Å². The number of benzene rings is 1. The molecule has 0 aliphatic rings. The largest absolute Gasteiger partial charge is 0.275 e. The maximum absolute atomic E-state index is 8.85. The van der Waals surface area contributed by atoms with Crippen molar-refractivity contribution in [3.05, 3.63) is 41.6 Å². The Balaban J connectivity index is 2.58. The van der Waals surface area contributed by atoms with E-state index in [1.165, 1.54) is 0 Å². The van der Waals surface area contributed by atoms with Crippen LogP contribution in [0.25, 0.3) is 11.3 Å². The van der Waals surface area contributed by atoms with E-state index in [1.807, 2.05) is 31.4 Å². The van der Waals surface area contributed by atoms with E-state index in [1.54, 1.807) is 22.9 Å². The van der Waals surface area contributed by atoms with Crippen LogP contribution in [0.1, 0.15) is 11.1 Å². The van der Waals surface area contributed by atoms with Crippen molar-refractivity contribution in [2.75, 3.05) is 0 Å². The van der Waals surface area contributed by atoms with Gasteiger partial charge in [-0.3, -0.25) is 4.68 Å². The average molecular weight is 208 g/mol. The molecule has 0 N–H and O–H groups in total. The minimum Gasteiger partial charge on any atom is -0.275 e. The number of aryl methyl sites for hydroxylation is 1. The van der Waals surface area contributed by atoms with Crippen LogP contribution < -0.4 is 0 Å². The molecule has 0 aliphatic heterocycles. The van der Waals surface area contributed by atoms with Crippen molar-refractivity contribution in [2.24, 2.45) is 7.05 Å². The van der Waals surface area contributed by atoms with Crippen LogP contribution in [0, 0.1) is 22.7 Å². The molecular weight excluding hydrogens is 200 g/mol. The molecule has 0 unspecified atom stereocenters. The van der Waals surface area contributed by atoms with Crippen molar-refractivity contribution < 1.29 is 0 Å². The molecule has 0 atom stereocenters. The first-order chi connectivity index (χ1) is 7.72. The van der Waals surface area contributed by atoms with Crippen molar-refractivity contribution in [1.82, 2.24) is 9.78 Å². The molecule has 16 heavy (non-hydrogen) atoms. The van der Waals surface area contributed by atoms with E-state index in [-0.39, 0.29) is 0 Å². The number of nitriles is 2. The molecule has 0 fully saturated rings. The van der Waals surface area contributed by atoms with Crippen molar-refractivity contribution >= 4 is 0 Å². The molecule has 0 spiro atoms. The molecule has 0 radical (unpaired) electrons. The van der Waals surface area contributed by atoms with Crippen molar-refractivity contribution in [3.8, 4) is 23.4 Å². The van der Waals surface area contributed by atoms with Gasteiger partial charge >= 0.3 is 0 Å². The first-order valence-electron chi connectivity index (χ1n) is 4.68. The van der Waals surface area contributed by atoms with Crippen LogP contribution in [0.3, 0.4) is 0 Å². The molecule has 0 bridgehead atoms. The molecule has 4 nitrogen and oxygen atoms in total. The van der Waals surface area contributed by atoms with E-state index < -0.39 is 0 Å². The standard InChI is InChI=1S/C12H8N4/c1-16-3-2-12(15-16)11-5-9(7-13)4-10(6-11)8-14/h2-6H,1H3. The zero-order chi connectivity index (χ0) is 11.5. The van der Waals surface area contributed by atoms with Gasteiger partial charge < -0.3 is 0 Å². The summed E-state index contributed by atoms with van der Waals surface area (Å²) in [5.41, 5.74) is 2.49. The van der Waals surface area contributed by atoms with Crippen LogP contribution >= 0.6 is 0 Å². The topological polar surface area (TPSA) is 65.4 Å². The molecule has 76 valence electrons. The number of hydrogen-bond donors (Lipinski definition) is 0. The minimum atomic E-state index is 0.472. The third-order valence-corrected chi connectivity index (χ3v) is 2.20. The van der Waals surface area contributed by atoms with E-state index in [0.717, 1.165) is 11.3 Å². The van der Waals surface area contributed by atoms with Crippen LogP contribution in [-0.2, 0) is 7.05 Å². The smallest absolute Gasteiger partial charge is 0.0992 e. The minimum absolute atomic E-state index is 0.472. The Bertz CT molecular complexity index is 578. The normalized spacial score (nSPS) is 9.44. The van der Waals surface area contributed by atoms with Gasteiger partial charge in [0.15, 0.2) is 0 Å². The Morgan fingerprint density at radius 3 is 2.19 bits per heavy atom. The lowest BCUT2D eigenvalue weighted by Gasteiger charge is -1.98. The number of hydrogen-bond acceptors (Lipinski definition) is 3. The fourth-order valence-electron chi connectivity index (χ4n) is 1.47. The third-order valence-electron chi connectivity index (χ3n) is 2.20. The van der Waals surface area contributed by atoms with Gasteiger partial charge in [0, 0.05) is 18.8 Å². The number of aromatic nitrogens is 2. The second-order valence-electron chi connectivity index (χ2n) is 3.40. The average Bonchev–Trinajstić information content (AvgIpc) is 2.75. The van der Waals surface area contributed by atoms with Gasteiger partial charge in [0.25, 0.3) is 0 Å². The Morgan fingerprint density at radius 1 is 1.12 bits per heavy atom. The fourth-order valence-corrected chi connectivity index (χ4v) is 1.47. The van der Waals surface area contributed by atoms with E-state index in [2.05, 4.69) is 5.10 Å². The SMILES string of the molecule is Cn1ccc(-c2cc(C#N)cc(C#N)c2)n1. The summed E-state index contributed by atoms with van der Waals surface area (Å²) < 4.78 is 1.68. The number of nitrogens with zero attached hydrogens (tertiary/aromatic N) is 4. The highest BCUT2D eigenvalue weighted by atomic mass is 15.2. The fraction of sp³-hybridized carbons (Fsp3) is 0.0833. The van der Waals surface area contributed by atoms with Gasteiger partial charge in [0.2, 0.25) is 0 Å². The van der Waals surface area contributed by atoms with Crippen LogP contribution in [0.4, 0.5) is 0 Å². The summed E-state index contributed by atoms with van der Waals surface area (Å²) in [4.78, 5) is 0. The van der Waals surface area contributed by atoms with Crippen LogP contribution in [-0.4, -0.2) is 9.78 Å².